The molecule has 1 saturated heterocycles. The van der Waals surface area contributed by atoms with Crippen LogP contribution in [-0.2, 0) is 13.0 Å². The van der Waals surface area contributed by atoms with E-state index in [1.165, 1.54) is 23.4 Å². The number of allylic oxidation sites excluding steroid dienone is 1. The quantitative estimate of drug-likeness (QED) is 0.500. The summed E-state index contributed by atoms with van der Waals surface area (Å²) in [6, 6.07) is 23.2. The summed E-state index contributed by atoms with van der Waals surface area (Å²) >= 11 is 0. The van der Waals surface area contributed by atoms with E-state index in [9.17, 15) is 9.18 Å². The van der Waals surface area contributed by atoms with Crippen molar-refractivity contribution in [1.29, 1.82) is 0 Å². The number of nitrogens with zero attached hydrogens (tertiary/aromatic N) is 3. The van der Waals surface area contributed by atoms with E-state index in [1.807, 2.05) is 41.3 Å². The van der Waals surface area contributed by atoms with Crippen molar-refractivity contribution in [3.63, 3.8) is 0 Å². The van der Waals surface area contributed by atoms with Gasteiger partial charge in [0.2, 0.25) is 0 Å². The Bertz CT molecular complexity index is 1180. The molecule has 2 aliphatic heterocycles. The van der Waals surface area contributed by atoms with Crippen molar-refractivity contribution in [2.24, 2.45) is 0 Å². The van der Waals surface area contributed by atoms with Crippen LogP contribution in [0, 0.1) is 5.82 Å². The van der Waals surface area contributed by atoms with Crippen LogP contribution in [0.3, 0.4) is 0 Å². The third-order valence-electron chi connectivity index (χ3n) is 6.78. The van der Waals surface area contributed by atoms with Crippen LogP contribution in [-0.4, -0.2) is 40.9 Å². The smallest absolute Gasteiger partial charge is 0.254 e. The molecule has 2 atom stereocenters. The molecule has 1 fully saturated rings. The topological polar surface area (TPSA) is 26.8 Å². The Morgan fingerprint density at radius 3 is 2.29 bits per heavy atom. The second-order valence-corrected chi connectivity index (χ2v) is 9.37. The van der Waals surface area contributed by atoms with Gasteiger partial charge in [0, 0.05) is 54.9 Å². The molecular weight excluding hydrogens is 425 g/mol. The highest BCUT2D eigenvalue weighted by Gasteiger charge is 2.33. The van der Waals surface area contributed by atoms with Crippen LogP contribution in [0.25, 0.3) is 0 Å². The minimum atomic E-state index is -0.215. The Hall–Kier alpha value is -3.44. The molecule has 0 saturated carbocycles. The molecule has 4 nitrogen and oxygen atoms in total. The molecular formula is C29H30FN3O. The molecule has 5 rings (SSSR count). The molecule has 2 aliphatic rings. The summed E-state index contributed by atoms with van der Waals surface area (Å²) in [5.41, 5.74) is 5.33. The average Bonchev–Trinajstić information content (AvgIpc) is 2.85. The zero-order valence-corrected chi connectivity index (χ0v) is 19.7. The largest absolute Gasteiger partial charge is 0.331 e. The van der Waals surface area contributed by atoms with Gasteiger partial charge in [-0.25, -0.2) is 4.39 Å². The number of hydrogen-bond acceptors (Lipinski definition) is 3. The summed E-state index contributed by atoms with van der Waals surface area (Å²) in [5.74, 6) is -0.144. The number of amides is 1. The summed E-state index contributed by atoms with van der Waals surface area (Å²) in [6.45, 7) is 6.56. The third-order valence-corrected chi connectivity index (χ3v) is 6.78. The van der Waals surface area contributed by atoms with Gasteiger partial charge in [-0.05, 0) is 73.9 Å². The van der Waals surface area contributed by atoms with E-state index in [0.29, 0.717) is 5.56 Å². The summed E-state index contributed by atoms with van der Waals surface area (Å²) in [6.07, 6.45) is 5.20. The van der Waals surface area contributed by atoms with Gasteiger partial charge in [-0.3, -0.25) is 9.69 Å². The predicted molar refractivity (Wildman–Crippen MR) is 135 cm³/mol. The maximum Gasteiger partial charge on any atom is 0.254 e. The van der Waals surface area contributed by atoms with Gasteiger partial charge in [-0.2, -0.15) is 0 Å². The van der Waals surface area contributed by atoms with E-state index in [-0.39, 0.29) is 23.8 Å². The highest BCUT2D eigenvalue weighted by atomic mass is 19.1. The molecule has 2 heterocycles. The van der Waals surface area contributed by atoms with Gasteiger partial charge in [0.25, 0.3) is 5.91 Å². The van der Waals surface area contributed by atoms with E-state index in [2.05, 4.69) is 60.2 Å². The molecule has 1 amide bonds. The molecule has 0 spiro atoms. The lowest BCUT2D eigenvalue weighted by Gasteiger charge is -2.44. The molecule has 174 valence electrons. The third kappa shape index (κ3) is 4.48. The Morgan fingerprint density at radius 2 is 1.59 bits per heavy atom. The first-order chi connectivity index (χ1) is 16.5. The molecule has 2 unspecified atom stereocenters. The molecule has 3 aromatic carbocycles. The molecule has 5 heteroatoms. The Kier molecular flexibility index (Phi) is 6.20. The molecule has 0 radical (unpaired) electrons. The number of halogens is 1. The van der Waals surface area contributed by atoms with Crippen molar-refractivity contribution in [3.05, 3.63) is 108 Å². The lowest BCUT2D eigenvalue weighted by molar-refractivity contribution is 0.0268. The second kappa shape index (κ2) is 9.43. The normalized spacial score (nSPS) is 20.3. The number of piperazine rings is 1. The van der Waals surface area contributed by atoms with Crippen molar-refractivity contribution in [2.45, 2.75) is 38.9 Å². The van der Waals surface area contributed by atoms with Crippen LogP contribution < -0.4 is 4.90 Å². The van der Waals surface area contributed by atoms with Gasteiger partial charge in [-0.15, -0.1) is 0 Å². The van der Waals surface area contributed by atoms with E-state index >= 15 is 0 Å². The number of para-hydroxylation sites is 1. The second-order valence-electron chi connectivity index (χ2n) is 9.37. The van der Waals surface area contributed by atoms with Crippen molar-refractivity contribution < 1.29 is 9.18 Å². The van der Waals surface area contributed by atoms with Crippen LogP contribution in [0.5, 0.6) is 0 Å². The van der Waals surface area contributed by atoms with Crippen LogP contribution >= 0.6 is 0 Å². The first-order valence-corrected chi connectivity index (χ1v) is 11.9. The zero-order valence-electron chi connectivity index (χ0n) is 19.7. The van der Waals surface area contributed by atoms with Crippen LogP contribution in [0.2, 0.25) is 0 Å². The minimum Gasteiger partial charge on any atom is -0.331 e. The predicted octanol–water partition coefficient (Wildman–Crippen LogP) is 5.77. The van der Waals surface area contributed by atoms with Crippen LogP contribution in [0.15, 0.2) is 85.1 Å². The van der Waals surface area contributed by atoms with Crippen molar-refractivity contribution in [3.8, 4) is 0 Å². The first kappa shape index (κ1) is 22.4. The Labute approximate surface area is 200 Å². The van der Waals surface area contributed by atoms with Gasteiger partial charge in [0.15, 0.2) is 0 Å². The summed E-state index contributed by atoms with van der Waals surface area (Å²) in [7, 11) is 0. The summed E-state index contributed by atoms with van der Waals surface area (Å²) in [4.78, 5) is 20.0. The molecule has 34 heavy (non-hydrogen) atoms. The van der Waals surface area contributed by atoms with Gasteiger partial charge < -0.3 is 9.80 Å². The van der Waals surface area contributed by atoms with Crippen LogP contribution in [0.4, 0.5) is 15.8 Å². The average molecular weight is 456 g/mol. The molecule has 0 aromatic heterocycles. The highest BCUT2D eigenvalue weighted by Crippen LogP contribution is 2.33. The van der Waals surface area contributed by atoms with Crippen LogP contribution in [0.1, 0.15) is 35.3 Å². The fraction of sp³-hybridized carbons (Fsp3) is 0.276. The number of fused-ring (bicyclic) bond motifs is 1. The molecule has 0 aliphatic carbocycles. The fourth-order valence-corrected chi connectivity index (χ4v) is 5.23. The number of hydrogen-bond donors (Lipinski definition) is 0. The number of anilines is 2. The van der Waals surface area contributed by atoms with Gasteiger partial charge in [0.05, 0.1) is 0 Å². The van der Waals surface area contributed by atoms with Crippen molar-refractivity contribution in [2.75, 3.05) is 18.0 Å². The lowest BCUT2D eigenvalue weighted by atomic mass is 10.0. The standard InChI is InChI=1S/C29H30FN3O/c1-21-18-31(20-23-9-13-26(30)14-10-23)19-22(2)33(21)29(34)25-11-15-27(16-12-25)32-17-5-7-24-6-3-4-8-28(24)32/h3-6,8-17,21-22H,7,18-20H2,1-2H3. The van der Waals surface area contributed by atoms with Crippen molar-refractivity contribution >= 4 is 17.3 Å². The maximum atomic E-state index is 13.4. The van der Waals surface area contributed by atoms with Crippen molar-refractivity contribution in [1.82, 2.24) is 9.80 Å². The van der Waals surface area contributed by atoms with Gasteiger partial charge in [-0.1, -0.05) is 36.4 Å². The Morgan fingerprint density at radius 1 is 0.912 bits per heavy atom. The fourth-order valence-electron chi connectivity index (χ4n) is 5.23. The maximum absolute atomic E-state index is 13.4. The molecule has 0 bridgehead atoms. The summed E-state index contributed by atoms with van der Waals surface area (Å²) < 4.78 is 13.2. The van der Waals surface area contributed by atoms with E-state index < -0.39 is 0 Å². The van der Waals surface area contributed by atoms with Gasteiger partial charge >= 0.3 is 0 Å². The zero-order chi connectivity index (χ0) is 23.7. The van der Waals surface area contributed by atoms with E-state index in [4.69, 9.17) is 0 Å². The first-order valence-electron chi connectivity index (χ1n) is 11.9. The number of benzene rings is 3. The summed E-state index contributed by atoms with van der Waals surface area (Å²) in [5, 5.41) is 0. The Balaban J connectivity index is 1.28. The van der Waals surface area contributed by atoms with E-state index in [1.54, 1.807) is 0 Å². The number of rotatable bonds is 4. The number of carbonyl (C=O) groups is 1. The SMILES string of the molecule is CC1CN(Cc2ccc(F)cc2)CC(C)N1C(=O)c1ccc(N2C=CCc3ccccc32)cc1. The molecule has 3 aromatic rings. The van der Waals surface area contributed by atoms with Gasteiger partial charge in [0.1, 0.15) is 5.82 Å². The highest BCUT2D eigenvalue weighted by molar-refractivity contribution is 5.95. The monoisotopic (exact) mass is 455 g/mol. The number of carbonyl (C=O) groups excluding carboxylic acids is 1. The van der Waals surface area contributed by atoms with E-state index in [0.717, 1.165) is 37.3 Å². The molecule has 0 N–H and O–H groups in total. The minimum absolute atomic E-state index is 0.0718. The lowest BCUT2D eigenvalue weighted by Crippen LogP contribution is -2.58.